The van der Waals surface area contributed by atoms with Crippen molar-refractivity contribution in [1.29, 1.82) is 0 Å². The highest BCUT2D eigenvalue weighted by Crippen LogP contribution is 2.16. The highest BCUT2D eigenvalue weighted by molar-refractivity contribution is 5.69. The minimum Gasteiger partial charge on any atom is -0.480 e. The lowest BCUT2D eigenvalue weighted by Crippen LogP contribution is -2.40. The van der Waals surface area contributed by atoms with Gasteiger partial charge in [-0.2, -0.15) is 13.2 Å². The fourth-order valence-corrected chi connectivity index (χ4v) is 1.55. The van der Waals surface area contributed by atoms with Crippen LogP contribution in [-0.2, 0) is 11.3 Å². The summed E-state index contributed by atoms with van der Waals surface area (Å²) >= 11 is 0. The Labute approximate surface area is 106 Å². The molecule has 1 aromatic rings. The van der Waals surface area contributed by atoms with Gasteiger partial charge in [0.05, 0.1) is 13.1 Å². The molecule has 1 rings (SSSR count). The molecule has 0 saturated heterocycles. The van der Waals surface area contributed by atoms with Crippen molar-refractivity contribution in [3.63, 3.8) is 0 Å². The van der Waals surface area contributed by atoms with E-state index in [0.717, 1.165) is 4.90 Å². The summed E-state index contributed by atoms with van der Waals surface area (Å²) in [5, 5.41) is 8.55. The molecule has 0 amide bonds. The number of aromatic nitrogens is 1. The third-order valence-electron chi connectivity index (χ3n) is 2.32. The van der Waals surface area contributed by atoms with Crippen molar-refractivity contribution in [2.24, 2.45) is 0 Å². The largest absolute Gasteiger partial charge is 0.480 e. The molecular formula is C11H13F3N2O3. The van der Waals surface area contributed by atoms with E-state index in [1.807, 2.05) is 0 Å². The number of pyridine rings is 1. The first-order valence-corrected chi connectivity index (χ1v) is 5.44. The summed E-state index contributed by atoms with van der Waals surface area (Å²) in [4.78, 5) is 22.6. The lowest BCUT2D eigenvalue weighted by molar-refractivity contribution is -0.154. The number of hydrogen-bond donors (Lipinski definition) is 1. The molecule has 0 aromatic carbocycles. The number of rotatable bonds is 6. The molecule has 1 N–H and O–H groups in total. The van der Waals surface area contributed by atoms with Crippen LogP contribution in [0.15, 0.2) is 29.2 Å². The molecule has 0 fully saturated rings. The van der Waals surface area contributed by atoms with Crippen molar-refractivity contribution in [2.45, 2.75) is 12.7 Å². The molecule has 0 unspecified atom stereocenters. The van der Waals surface area contributed by atoms with E-state index in [2.05, 4.69) is 0 Å². The van der Waals surface area contributed by atoms with E-state index >= 15 is 0 Å². The van der Waals surface area contributed by atoms with Gasteiger partial charge in [-0.1, -0.05) is 6.07 Å². The minimum atomic E-state index is -4.48. The Balaban J connectivity index is 2.65. The topological polar surface area (TPSA) is 62.5 Å². The maximum atomic E-state index is 12.3. The first-order valence-electron chi connectivity index (χ1n) is 5.44. The average molecular weight is 278 g/mol. The second kappa shape index (κ2) is 6.37. The Kier molecular flexibility index (Phi) is 5.11. The normalized spacial score (nSPS) is 11.8. The Morgan fingerprint density at radius 1 is 1.37 bits per heavy atom. The van der Waals surface area contributed by atoms with Gasteiger partial charge in [0.25, 0.3) is 5.56 Å². The number of carboxylic acid groups (broad SMARTS) is 1. The van der Waals surface area contributed by atoms with E-state index in [4.69, 9.17) is 5.11 Å². The molecule has 0 saturated carbocycles. The maximum Gasteiger partial charge on any atom is 0.401 e. The zero-order valence-corrected chi connectivity index (χ0v) is 9.93. The summed E-state index contributed by atoms with van der Waals surface area (Å²) in [5.74, 6) is -1.34. The van der Waals surface area contributed by atoms with E-state index in [-0.39, 0.29) is 18.6 Å². The molecule has 0 spiro atoms. The molecule has 0 aliphatic rings. The van der Waals surface area contributed by atoms with Crippen LogP contribution < -0.4 is 5.56 Å². The van der Waals surface area contributed by atoms with E-state index in [0.29, 0.717) is 0 Å². The number of carboxylic acids is 1. The number of halogens is 3. The van der Waals surface area contributed by atoms with Crippen LogP contribution in [0.4, 0.5) is 13.2 Å². The Hall–Kier alpha value is -1.83. The van der Waals surface area contributed by atoms with Crippen LogP contribution in [0.2, 0.25) is 0 Å². The minimum absolute atomic E-state index is 0.00301. The molecule has 0 radical (unpaired) electrons. The number of alkyl halides is 3. The van der Waals surface area contributed by atoms with E-state index < -0.39 is 25.2 Å². The van der Waals surface area contributed by atoms with Gasteiger partial charge in [0.1, 0.15) is 0 Å². The van der Waals surface area contributed by atoms with Crippen LogP contribution in [0.3, 0.4) is 0 Å². The molecule has 1 heterocycles. The predicted molar refractivity (Wildman–Crippen MR) is 60.8 cm³/mol. The van der Waals surface area contributed by atoms with Crippen molar-refractivity contribution < 1.29 is 23.1 Å². The Morgan fingerprint density at radius 2 is 2.05 bits per heavy atom. The summed E-state index contributed by atoms with van der Waals surface area (Å²) in [6.07, 6.45) is -3.04. The van der Waals surface area contributed by atoms with Crippen molar-refractivity contribution in [3.8, 4) is 0 Å². The molecule has 0 aliphatic carbocycles. The number of nitrogens with zero attached hydrogens (tertiary/aromatic N) is 2. The van der Waals surface area contributed by atoms with Gasteiger partial charge >= 0.3 is 12.1 Å². The standard InChI is InChI=1S/C11H13F3N2O3/c12-11(13,14)8-15(7-10(18)19)5-6-16-4-2-1-3-9(16)17/h1-4H,5-8H2,(H,18,19). The first kappa shape index (κ1) is 15.2. The van der Waals surface area contributed by atoms with Crippen molar-refractivity contribution >= 4 is 5.97 Å². The average Bonchev–Trinajstić information content (AvgIpc) is 2.24. The molecule has 1 aromatic heterocycles. The number of hydrogen-bond acceptors (Lipinski definition) is 3. The first-order chi connectivity index (χ1) is 8.78. The molecule has 5 nitrogen and oxygen atoms in total. The van der Waals surface area contributed by atoms with Crippen LogP contribution in [0, 0.1) is 0 Å². The van der Waals surface area contributed by atoms with Gasteiger partial charge in [0.2, 0.25) is 0 Å². The molecule has 106 valence electrons. The maximum absolute atomic E-state index is 12.3. The zero-order chi connectivity index (χ0) is 14.5. The number of carbonyl (C=O) groups is 1. The third-order valence-corrected chi connectivity index (χ3v) is 2.32. The summed E-state index contributed by atoms with van der Waals surface area (Å²) in [6, 6.07) is 4.38. The summed E-state index contributed by atoms with van der Waals surface area (Å²) in [7, 11) is 0. The van der Waals surface area contributed by atoms with Crippen LogP contribution in [-0.4, -0.2) is 46.4 Å². The van der Waals surface area contributed by atoms with Crippen LogP contribution in [0.1, 0.15) is 0 Å². The van der Waals surface area contributed by atoms with Crippen LogP contribution >= 0.6 is 0 Å². The molecule has 0 aliphatic heterocycles. The third kappa shape index (κ3) is 6.05. The van der Waals surface area contributed by atoms with Crippen LogP contribution in [0.5, 0.6) is 0 Å². The summed E-state index contributed by atoms with van der Waals surface area (Å²) in [5.41, 5.74) is -0.343. The fourth-order valence-electron chi connectivity index (χ4n) is 1.55. The lowest BCUT2D eigenvalue weighted by Gasteiger charge is -2.21. The number of aliphatic carboxylic acids is 1. The molecular weight excluding hydrogens is 265 g/mol. The molecule has 19 heavy (non-hydrogen) atoms. The van der Waals surface area contributed by atoms with Crippen LogP contribution in [0.25, 0.3) is 0 Å². The second-order valence-corrected chi connectivity index (χ2v) is 3.95. The quantitative estimate of drug-likeness (QED) is 0.836. The summed E-state index contributed by atoms with van der Waals surface area (Å²) < 4.78 is 38.0. The van der Waals surface area contributed by atoms with Gasteiger partial charge in [0.15, 0.2) is 0 Å². The van der Waals surface area contributed by atoms with Crippen molar-refractivity contribution in [3.05, 3.63) is 34.7 Å². The van der Waals surface area contributed by atoms with Crippen molar-refractivity contribution in [2.75, 3.05) is 19.6 Å². The monoisotopic (exact) mass is 278 g/mol. The fraction of sp³-hybridized carbons (Fsp3) is 0.455. The van der Waals surface area contributed by atoms with Gasteiger partial charge in [-0.05, 0) is 6.07 Å². The SMILES string of the molecule is O=C(O)CN(CCn1ccccc1=O)CC(F)(F)F. The van der Waals surface area contributed by atoms with E-state index in [1.165, 1.54) is 22.9 Å². The smallest absolute Gasteiger partial charge is 0.401 e. The molecule has 0 bridgehead atoms. The zero-order valence-electron chi connectivity index (χ0n) is 9.93. The van der Waals surface area contributed by atoms with Gasteiger partial charge < -0.3 is 9.67 Å². The van der Waals surface area contributed by atoms with E-state index in [9.17, 15) is 22.8 Å². The second-order valence-electron chi connectivity index (χ2n) is 3.95. The Bertz CT molecular complexity index is 485. The van der Waals surface area contributed by atoms with Gasteiger partial charge in [-0.3, -0.25) is 14.5 Å². The highest BCUT2D eigenvalue weighted by Gasteiger charge is 2.31. The highest BCUT2D eigenvalue weighted by atomic mass is 19.4. The van der Waals surface area contributed by atoms with E-state index in [1.54, 1.807) is 6.07 Å². The van der Waals surface area contributed by atoms with Gasteiger partial charge in [-0.15, -0.1) is 0 Å². The predicted octanol–water partition coefficient (Wildman–Crippen LogP) is 0.797. The summed E-state index contributed by atoms with van der Waals surface area (Å²) in [6.45, 7) is -2.21. The molecule has 0 atom stereocenters. The van der Waals surface area contributed by atoms with Gasteiger partial charge in [-0.25, -0.2) is 0 Å². The van der Waals surface area contributed by atoms with Gasteiger partial charge in [0, 0.05) is 25.4 Å². The van der Waals surface area contributed by atoms with Crippen molar-refractivity contribution in [1.82, 2.24) is 9.47 Å². The molecule has 8 heteroatoms. The Morgan fingerprint density at radius 3 is 2.58 bits per heavy atom. The lowest BCUT2D eigenvalue weighted by atomic mass is 10.4.